The van der Waals surface area contributed by atoms with Crippen molar-refractivity contribution in [1.29, 1.82) is 0 Å². The van der Waals surface area contributed by atoms with Crippen LogP contribution in [0.3, 0.4) is 0 Å². The second-order valence-corrected chi connectivity index (χ2v) is 6.45. The summed E-state index contributed by atoms with van der Waals surface area (Å²) in [6.45, 7) is 2.71. The van der Waals surface area contributed by atoms with Crippen molar-refractivity contribution in [3.05, 3.63) is 59.7 Å². The van der Waals surface area contributed by atoms with Gasteiger partial charge in [-0.3, -0.25) is 4.79 Å². The van der Waals surface area contributed by atoms with Gasteiger partial charge in [0.25, 0.3) is 0 Å². The summed E-state index contributed by atoms with van der Waals surface area (Å²) in [5.74, 6) is 1.38. The third-order valence-corrected chi connectivity index (χ3v) is 4.70. The van der Waals surface area contributed by atoms with Crippen LogP contribution >= 0.6 is 11.8 Å². The number of carbonyl (C=O) groups is 1. The Hall–Kier alpha value is -1.94. The number of aryl methyl sites for hydroxylation is 1. The predicted octanol–water partition coefficient (Wildman–Crippen LogP) is 3.73. The fourth-order valence-corrected chi connectivity index (χ4v) is 3.22. The van der Waals surface area contributed by atoms with Crippen molar-refractivity contribution >= 4 is 17.7 Å². The lowest BCUT2D eigenvalue weighted by molar-refractivity contribution is -0.119. The molecule has 0 fully saturated rings. The monoisotopic (exact) mass is 313 g/mol. The minimum absolute atomic E-state index is 0.0519. The first-order valence-corrected chi connectivity index (χ1v) is 8.41. The number of ether oxygens (including phenoxy) is 1. The molecule has 0 bridgehead atoms. The van der Waals surface area contributed by atoms with Crippen molar-refractivity contribution in [1.82, 2.24) is 5.32 Å². The predicted molar refractivity (Wildman–Crippen MR) is 89.3 cm³/mol. The number of hydrogen-bond donors (Lipinski definition) is 1. The Kier molecular flexibility index (Phi) is 4.68. The summed E-state index contributed by atoms with van der Waals surface area (Å²) in [6.07, 6.45) is 0.817. The van der Waals surface area contributed by atoms with Crippen molar-refractivity contribution in [2.45, 2.75) is 24.3 Å². The average Bonchev–Trinajstić information content (AvgIpc) is 2.55. The van der Waals surface area contributed by atoms with Gasteiger partial charge in [0.1, 0.15) is 5.75 Å². The molecular formula is C18H19NO2S. The van der Waals surface area contributed by atoms with E-state index in [1.807, 2.05) is 24.3 Å². The van der Waals surface area contributed by atoms with E-state index >= 15 is 0 Å². The van der Waals surface area contributed by atoms with E-state index in [0.717, 1.165) is 22.6 Å². The first kappa shape index (κ1) is 15.0. The first-order chi connectivity index (χ1) is 10.7. The number of carbonyl (C=O) groups excluding carboxylic acids is 1. The van der Waals surface area contributed by atoms with Gasteiger partial charge < -0.3 is 10.1 Å². The van der Waals surface area contributed by atoms with Crippen LogP contribution in [0.15, 0.2) is 53.4 Å². The average molecular weight is 313 g/mol. The number of benzene rings is 2. The molecule has 1 heterocycles. The van der Waals surface area contributed by atoms with Crippen molar-refractivity contribution < 1.29 is 9.53 Å². The van der Waals surface area contributed by atoms with E-state index < -0.39 is 0 Å². The third kappa shape index (κ3) is 3.63. The molecule has 1 amide bonds. The molecule has 114 valence electrons. The molecule has 0 saturated heterocycles. The summed E-state index contributed by atoms with van der Waals surface area (Å²) in [7, 11) is 0. The largest absolute Gasteiger partial charge is 0.493 e. The molecular weight excluding hydrogens is 294 g/mol. The second kappa shape index (κ2) is 6.88. The summed E-state index contributed by atoms with van der Waals surface area (Å²) >= 11 is 1.56. The SMILES string of the molecule is Cc1ccc(SCC(=O)N[C@H]2CCOc3ccccc32)cc1. The maximum absolute atomic E-state index is 12.2. The van der Waals surface area contributed by atoms with E-state index in [4.69, 9.17) is 4.74 Å². The number of rotatable bonds is 4. The molecule has 0 unspecified atom stereocenters. The van der Waals surface area contributed by atoms with Crippen LogP contribution in [0, 0.1) is 6.92 Å². The van der Waals surface area contributed by atoms with Crippen molar-refractivity contribution in [2.75, 3.05) is 12.4 Å². The highest BCUT2D eigenvalue weighted by atomic mass is 32.2. The zero-order chi connectivity index (χ0) is 15.4. The zero-order valence-corrected chi connectivity index (χ0v) is 13.4. The van der Waals surface area contributed by atoms with Crippen LogP contribution in [0.1, 0.15) is 23.6 Å². The van der Waals surface area contributed by atoms with Crippen LogP contribution in [0.5, 0.6) is 5.75 Å². The standard InChI is InChI=1S/C18H19NO2S/c1-13-6-8-14(9-7-13)22-12-18(20)19-16-10-11-21-17-5-3-2-4-15(16)17/h2-9,16H,10-12H2,1H3,(H,19,20)/t16-/m0/s1. The highest BCUT2D eigenvalue weighted by Gasteiger charge is 2.22. The molecule has 1 aliphatic heterocycles. The van der Waals surface area contributed by atoms with Gasteiger partial charge in [-0.25, -0.2) is 0 Å². The number of para-hydroxylation sites is 1. The lowest BCUT2D eigenvalue weighted by atomic mass is 10.0. The molecule has 1 aliphatic rings. The lowest BCUT2D eigenvalue weighted by Gasteiger charge is -2.26. The third-order valence-electron chi connectivity index (χ3n) is 3.68. The Balaban J connectivity index is 1.57. The Bertz CT molecular complexity index is 654. The maximum Gasteiger partial charge on any atom is 0.230 e. The molecule has 0 radical (unpaired) electrons. The smallest absolute Gasteiger partial charge is 0.230 e. The van der Waals surface area contributed by atoms with Gasteiger partial charge in [0.05, 0.1) is 18.4 Å². The Labute approximate surface area is 135 Å². The van der Waals surface area contributed by atoms with E-state index in [1.54, 1.807) is 11.8 Å². The fraction of sp³-hybridized carbons (Fsp3) is 0.278. The van der Waals surface area contributed by atoms with E-state index in [0.29, 0.717) is 12.4 Å². The van der Waals surface area contributed by atoms with Gasteiger partial charge in [0.2, 0.25) is 5.91 Å². The molecule has 1 atom stereocenters. The van der Waals surface area contributed by atoms with Crippen LogP contribution in [-0.4, -0.2) is 18.3 Å². The minimum Gasteiger partial charge on any atom is -0.493 e. The van der Waals surface area contributed by atoms with Gasteiger partial charge in [-0.05, 0) is 25.1 Å². The van der Waals surface area contributed by atoms with Crippen LogP contribution in [0.2, 0.25) is 0 Å². The Morgan fingerprint density at radius 2 is 2.00 bits per heavy atom. The summed E-state index contributed by atoms with van der Waals surface area (Å²) in [4.78, 5) is 13.3. The summed E-state index contributed by atoms with van der Waals surface area (Å²) in [5.41, 5.74) is 2.30. The van der Waals surface area contributed by atoms with Gasteiger partial charge in [0, 0.05) is 16.9 Å². The number of amides is 1. The van der Waals surface area contributed by atoms with Gasteiger partial charge >= 0.3 is 0 Å². The molecule has 22 heavy (non-hydrogen) atoms. The molecule has 0 saturated carbocycles. The fourth-order valence-electron chi connectivity index (χ4n) is 2.51. The van der Waals surface area contributed by atoms with E-state index in [1.165, 1.54) is 5.56 Å². The maximum atomic E-state index is 12.2. The van der Waals surface area contributed by atoms with Crippen LogP contribution < -0.4 is 10.1 Å². The number of fused-ring (bicyclic) bond motifs is 1. The van der Waals surface area contributed by atoms with Crippen LogP contribution in [0.25, 0.3) is 0 Å². The molecule has 3 rings (SSSR count). The minimum atomic E-state index is 0.0519. The Morgan fingerprint density at radius 1 is 1.23 bits per heavy atom. The van der Waals surface area contributed by atoms with Crippen LogP contribution in [0.4, 0.5) is 0 Å². The van der Waals surface area contributed by atoms with Crippen molar-refractivity contribution in [3.63, 3.8) is 0 Å². The quantitative estimate of drug-likeness (QED) is 0.874. The number of hydrogen-bond acceptors (Lipinski definition) is 3. The molecule has 0 aliphatic carbocycles. The van der Waals surface area contributed by atoms with Gasteiger partial charge in [-0.1, -0.05) is 35.9 Å². The zero-order valence-electron chi connectivity index (χ0n) is 12.5. The molecule has 3 nitrogen and oxygen atoms in total. The topological polar surface area (TPSA) is 38.3 Å². The number of thioether (sulfide) groups is 1. The van der Waals surface area contributed by atoms with E-state index in [9.17, 15) is 4.79 Å². The van der Waals surface area contributed by atoms with Gasteiger partial charge in [0.15, 0.2) is 0 Å². The summed E-state index contributed by atoms with van der Waals surface area (Å²) < 4.78 is 5.62. The molecule has 1 N–H and O–H groups in total. The van der Waals surface area contributed by atoms with Gasteiger partial charge in [-0.2, -0.15) is 0 Å². The van der Waals surface area contributed by atoms with E-state index in [-0.39, 0.29) is 11.9 Å². The highest BCUT2D eigenvalue weighted by Crippen LogP contribution is 2.31. The molecule has 4 heteroatoms. The molecule has 2 aromatic carbocycles. The Morgan fingerprint density at radius 3 is 2.82 bits per heavy atom. The highest BCUT2D eigenvalue weighted by molar-refractivity contribution is 8.00. The normalized spacial score (nSPS) is 16.5. The molecule has 2 aromatic rings. The molecule has 0 aromatic heterocycles. The lowest BCUT2D eigenvalue weighted by Crippen LogP contribution is -2.33. The van der Waals surface area contributed by atoms with E-state index in [2.05, 4.69) is 36.5 Å². The second-order valence-electron chi connectivity index (χ2n) is 5.40. The van der Waals surface area contributed by atoms with Gasteiger partial charge in [-0.15, -0.1) is 11.8 Å². The van der Waals surface area contributed by atoms with Crippen molar-refractivity contribution in [2.24, 2.45) is 0 Å². The first-order valence-electron chi connectivity index (χ1n) is 7.43. The van der Waals surface area contributed by atoms with Crippen LogP contribution in [-0.2, 0) is 4.79 Å². The molecule has 0 spiro atoms. The van der Waals surface area contributed by atoms with Crippen molar-refractivity contribution in [3.8, 4) is 5.75 Å². The number of nitrogens with one attached hydrogen (secondary N) is 1. The summed E-state index contributed by atoms with van der Waals surface area (Å²) in [6, 6.07) is 16.2. The summed E-state index contributed by atoms with van der Waals surface area (Å²) in [5, 5.41) is 3.12.